The summed E-state index contributed by atoms with van der Waals surface area (Å²) in [5.74, 6) is 1.55. The molecule has 1 aromatic heterocycles. The highest BCUT2D eigenvalue weighted by atomic mass is 15.2. The maximum Gasteiger partial charge on any atom is 0.133 e. The third kappa shape index (κ3) is 6.21. The van der Waals surface area contributed by atoms with Crippen LogP contribution in [0, 0.1) is 18.3 Å². The molecule has 40 heavy (non-hydrogen) atoms. The molecule has 1 aromatic carbocycles. The van der Waals surface area contributed by atoms with Crippen LogP contribution in [0.2, 0.25) is 0 Å². The van der Waals surface area contributed by atoms with Gasteiger partial charge in [0.05, 0.1) is 5.54 Å². The average Bonchev–Trinajstić information content (AvgIpc) is 2.97. The van der Waals surface area contributed by atoms with Gasteiger partial charge in [0.2, 0.25) is 0 Å². The van der Waals surface area contributed by atoms with E-state index in [2.05, 4.69) is 62.9 Å². The predicted octanol–water partition coefficient (Wildman–Crippen LogP) is 8.75. The Morgan fingerprint density at radius 1 is 1.05 bits per heavy atom. The topological polar surface area (TPSA) is 54.5 Å². The molecule has 4 saturated carbocycles. The lowest BCUT2D eigenvalue weighted by molar-refractivity contribution is 0.0459. The van der Waals surface area contributed by atoms with Crippen molar-refractivity contribution < 1.29 is 0 Å². The third-order valence-electron chi connectivity index (χ3n) is 10.1. The van der Waals surface area contributed by atoms with Crippen molar-refractivity contribution >= 4 is 17.6 Å². The van der Waals surface area contributed by atoms with Crippen LogP contribution in [0.4, 0.5) is 5.82 Å². The third-order valence-corrected chi connectivity index (χ3v) is 10.1. The lowest BCUT2D eigenvalue weighted by atomic mass is 9.51. The van der Waals surface area contributed by atoms with Crippen LogP contribution in [0.3, 0.4) is 0 Å². The number of hydrogen-bond donors (Lipinski definition) is 1. The van der Waals surface area contributed by atoms with Gasteiger partial charge in [-0.15, -0.1) is 0 Å². The molecule has 2 bridgehead atoms. The van der Waals surface area contributed by atoms with Crippen molar-refractivity contribution in [1.82, 2.24) is 4.98 Å². The van der Waals surface area contributed by atoms with Crippen LogP contribution in [0.1, 0.15) is 108 Å². The maximum absolute atomic E-state index is 6.10. The molecule has 214 valence electrons. The molecular weight excluding hydrogens is 488 g/mol. The van der Waals surface area contributed by atoms with E-state index in [1.165, 1.54) is 81.9 Å². The van der Waals surface area contributed by atoms with Crippen molar-refractivity contribution in [1.29, 1.82) is 0 Å². The molecule has 4 heteroatoms. The van der Waals surface area contributed by atoms with Crippen LogP contribution in [0.5, 0.6) is 0 Å². The number of pyridine rings is 1. The number of aromatic nitrogens is 1. The summed E-state index contributed by atoms with van der Waals surface area (Å²) in [4.78, 5) is 12.2. The minimum atomic E-state index is -0.153. The molecule has 0 aliphatic heterocycles. The van der Waals surface area contributed by atoms with E-state index in [1.807, 2.05) is 18.5 Å². The van der Waals surface area contributed by atoms with Crippen molar-refractivity contribution in [3.63, 3.8) is 0 Å². The fourth-order valence-corrected chi connectivity index (χ4v) is 7.45. The van der Waals surface area contributed by atoms with Crippen LogP contribution >= 0.6 is 0 Å². The molecule has 0 radical (unpaired) electrons. The van der Waals surface area contributed by atoms with Gasteiger partial charge in [0.15, 0.2) is 0 Å². The number of fused-ring (bicyclic) bond motifs is 3. The van der Waals surface area contributed by atoms with E-state index in [-0.39, 0.29) is 5.54 Å². The van der Waals surface area contributed by atoms with Gasteiger partial charge in [-0.3, -0.25) is 4.99 Å². The van der Waals surface area contributed by atoms with E-state index in [1.54, 1.807) is 11.8 Å². The van der Waals surface area contributed by atoms with Gasteiger partial charge in [-0.25, -0.2) is 4.98 Å². The highest BCUT2D eigenvalue weighted by Gasteiger charge is 2.50. The van der Waals surface area contributed by atoms with E-state index < -0.39 is 0 Å². The Morgan fingerprint density at radius 2 is 1.75 bits per heavy atom. The molecule has 0 unspecified atom stereocenters. The second-order valence-corrected chi connectivity index (χ2v) is 14.0. The smallest absolute Gasteiger partial charge is 0.133 e. The maximum atomic E-state index is 6.10. The Labute approximate surface area is 242 Å². The number of aliphatic imine (C=N–C) groups is 1. The van der Waals surface area contributed by atoms with Gasteiger partial charge in [-0.05, 0) is 119 Å². The Kier molecular flexibility index (Phi) is 8.27. The van der Waals surface area contributed by atoms with Gasteiger partial charge >= 0.3 is 0 Å². The van der Waals surface area contributed by atoms with Crippen LogP contribution in [-0.2, 0) is 5.41 Å². The van der Waals surface area contributed by atoms with Gasteiger partial charge in [0.25, 0.3) is 0 Å². The number of nitrogens with two attached hydrogens (primary N) is 1. The monoisotopic (exact) mass is 538 g/mol. The first-order valence-corrected chi connectivity index (χ1v) is 15.6. The lowest BCUT2D eigenvalue weighted by Gasteiger charge is -2.55. The normalized spacial score (nSPS) is 25.9. The van der Waals surface area contributed by atoms with Gasteiger partial charge < -0.3 is 10.6 Å². The molecule has 0 atom stereocenters. The molecule has 0 saturated heterocycles. The largest absolute Gasteiger partial charge is 0.404 e. The van der Waals surface area contributed by atoms with Gasteiger partial charge in [-0.1, -0.05) is 55.7 Å². The molecule has 4 aliphatic rings. The summed E-state index contributed by atoms with van der Waals surface area (Å²) in [6.07, 6.45) is 19.6. The highest BCUT2D eigenvalue weighted by Crippen LogP contribution is 2.58. The summed E-state index contributed by atoms with van der Waals surface area (Å²) in [5.41, 5.74) is 12.8. The van der Waals surface area contributed by atoms with Gasteiger partial charge in [0, 0.05) is 36.4 Å². The molecule has 4 nitrogen and oxygen atoms in total. The van der Waals surface area contributed by atoms with Crippen molar-refractivity contribution in [2.24, 2.45) is 22.1 Å². The van der Waals surface area contributed by atoms with Crippen LogP contribution in [0.25, 0.3) is 5.57 Å². The molecule has 1 heterocycles. The summed E-state index contributed by atoms with van der Waals surface area (Å²) >= 11 is 0. The summed E-state index contributed by atoms with van der Waals surface area (Å²) in [6.45, 7) is 14.3. The SMILES string of the molecule is C=C(C1CCCCC1)N(CC12CCC(c3cccc(C)c3)(CC1)CC2)c1cc(/C(C=NC(C)(C)C)=C/N)ccn1. The van der Waals surface area contributed by atoms with Crippen LogP contribution < -0.4 is 10.6 Å². The molecule has 2 aromatic rings. The fourth-order valence-electron chi connectivity index (χ4n) is 7.45. The van der Waals surface area contributed by atoms with E-state index in [9.17, 15) is 0 Å². The van der Waals surface area contributed by atoms with Crippen molar-refractivity contribution in [3.05, 3.63) is 77.8 Å². The number of aryl methyl sites for hydroxylation is 1. The summed E-state index contributed by atoms with van der Waals surface area (Å²) in [7, 11) is 0. The Hall–Kier alpha value is -2.88. The summed E-state index contributed by atoms with van der Waals surface area (Å²) in [6, 6.07) is 13.6. The first-order valence-electron chi connectivity index (χ1n) is 15.6. The number of hydrogen-bond acceptors (Lipinski definition) is 4. The summed E-state index contributed by atoms with van der Waals surface area (Å²) < 4.78 is 0. The minimum absolute atomic E-state index is 0.153. The quantitative estimate of drug-likeness (QED) is 0.342. The standard InChI is InChI=1S/C36H50N4/c1-27-10-9-13-32(22-27)36-18-15-35(16-19-36,17-20-36)26-40(28(2)29-11-7-6-8-12-29)33-23-30(14-21-38-33)31(24-37)25-39-34(3,4)5/h9-10,13-14,21-25,29H,2,6-8,11-12,15-20,26,37H2,1,3-5H3/b31-24+,39-25?. The van der Waals surface area contributed by atoms with Crippen LogP contribution in [0.15, 0.2) is 66.1 Å². The van der Waals surface area contributed by atoms with Crippen LogP contribution in [-0.4, -0.2) is 23.3 Å². The zero-order valence-corrected chi connectivity index (χ0v) is 25.4. The second kappa shape index (κ2) is 11.5. The summed E-state index contributed by atoms with van der Waals surface area (Å²) in [5, 5.41) is 0. The van der Waals surface area contributed by atoms with E-state index in [0.717, 1.165) is 23.5 Å². The molecule has 4 fully saturated rings. The number of allylic oxidation sites excluding steroid dienone is 2. The first kappa shape index (κ1) is 28.6. The molecule has 2 N–H and O–H groups in total. The second-order valence-electron chi connectivity index (χ2n) is 14.0. The van der Waals surface area contributed by atoms with Crippen molar-refractivity contribution in [2.75, 3.05) is 11.4 Å². The molecule has 0 spiro atoms. The lowest BCUT2D eigenvalue weighted by Crippen LogP contribution is -2.49. The fraction of sp³-hybridized carbons (Fsp3) is 0.556. The number of rotatable bonds is 8. The number of nitrogens with zero attached hydrogens (tertiary/aromatic N) is 3. The van der Waals surface area contributed by atoms with Crippen molar-refractivity contribution in [2.45, 2.75) is 109 Å². The number of benzene rings is 1. The molecule has 6 rings (SSSR count). The van der Waals surface area contributed by atoms with Crippen molar-refractivity contribution in [3.8, 4) is 0 Å². The highest BCUT2D eigenvalue weighted by molar-refractivity contribution is 6.09. The Balaban J connectivity index is 1.42. The first-order chi connectivity index (χ1) is 19.1. The Morgan fingerprint density at radius 3 is 2.38 bits per heavy atom. The molecule has 0 amide bonds. The zero-order chi connectivity index (χ0) is 28.4. The molecular formula is C36H50N4. The number of anilines is 1. The molecule has 4 aliphatic carbocycles. The van der Waals surface area contributed by atoms with Gasteiger partial charge in [0.1, 0.15) is 5.82 Å². The van der Waals surface area contributed by atoms with E-state index in [4.69, 9.17) is 22.3 Å². The zero-order valence-electron chi connectivity index (χ0n) is 25.4. The predicted molar refractivity (Wildman–Crippen MR) is 171 cm³/mol. The average molecular weight is 539 g/mol. The van der Waals surface area contributed by atoms with E-state index >= 15 is 0 Å². The Bertz CT molecular complexity index is 1230. The minimum Gasteiger partial charge on any atom is -0.404 e. The van der Waals surface area contributed by atoms with Gasteiger partial charge in [-0.2, -0.15) is 0 Å². The van der Waals surface area contributed by atoms with E-state index in [0.29, 0.717) is 16.7 Å².